The van der Waals surface area contributed by atoms with Crippen LogP contribution < -0.4 is 15.0 Å². The summed E-state index contributed by atoms with van der Waals surface area (Å²) in [4.78, 5) is 16.7. The molecule has 1 fully saturated rings. The Morgan fingerprint density at radius 3 is 2.33 bits per heavy atom. The van der Waals surface area contributed by atoms with E-state index in [0.29, 0.717) is 6.61 Å². The van der Waals surface area contributed by atoms with E-state index < -0.39 is 0 Å². The van der Waals surface area contributed by atoms with E-state index in [9.17, 15) is 4.79 Å². The van der Waals surface area contributed by atoms with E-state index in [2.05, 4.69) is 42.3 Å². The van der Waals surface area contributed by atoms with Gasteiger partial charge in [0.1, 0.15) is 5.75 Å². The number of piperazine rings is 1. The number of anilines is 2. The van der Waals surface area contributed by atoms with Gasteiger partial charge in [0.25, 0.3) is 0 Å². The van der Waals surface area contributed by atoms with Crippen LogP contribution in [-0.4, -0.2) is 43.7 Å². The number of aryl methyl sites for hydroxylation is 1. The zero-order valence-corrected chi connectivity index (χ0v) is 17.0. The van der Waals surface area contributed by atoms with E-state index >= 15 is 0 Å². The number of carbonyl (C=O) groups is 1. The number of ether oxygens (including phenoxy) is 1. The number of nitrogens with one attached hydrogen (secondary N) is 1. The van der Waals surface area contributed by atoms with E-state index in [1.165, 1.54) is 16.8 Å². The van der Waals surface area contributed by atoms with Crippen LogP contribution in [0.25, 0.3) is 0 Å². The van der Waals surface area contributed by atoms with Gasteiger partial charge in [-0.25, -0.2) is 4.79 Å². The van der Waals surface area contributed by atoms with E-state index in [1.807, 2.05) is 36.1 Å². The molecule has 27 heavy (non-hydrogen) atoms. The average molecular weight is 390 g/mol. The van der Waals surface area contributed by atoms with Crippen LogP contribution in [0.15, 0.2) is 42.5 Å². The van der Waals surface area contributed by atoms with Gasteiger partial charge < -0.3 is 19.9 Å². The van der Waals surface area contributed by atoms with Gasteiger partial charge in [0, 0.05) is 37.6 Å². The van der Waals surface area contributed by atoms with Crippen molar-refractivity contribution in [3.63, 3.8) is 0 Å². The van der Waals surface area contributed by atoms with Crippen molar-refractivity contribution in [1.29, 1.82) is 0 Å². The topological polar surface area (TPSA) is 44.8 Å². The smallest absolute Gasteiger partial charge is 0.321 e. The Bertz CT molecular complexity index is 757. The second-order valence-electron chi connectivity index (χ2n) is 6.58. The molecule has 2 aromatic rings. The van der Waals surface area contributed by atoms with Crippen molar-refractivity contribution in [2.75, 3.05) is 43.0 Å². The molecule has 5 nitrogen and oxygen atoms in total. The fourth-order valence-corrected chi connectivity index (χ4v) is 3.23. The number of urea groups is 1. The Hall–Kier alpha value is -2.40. The first-order chi connectivity index (χ1) is 12.6. The predicted octanol–water partition coefficient (Wildman–Crippen LogP) is 4.48. The van der Waals surface area contributed by atoms with E-state index in [-0.39, 0.29) is 18.4 Å². The standard InChI is InChI=1S/C21H27N3O2.ClH/c1-4-26-19-10-8-18(9-11-19)22-21(25)24-14-12-23(13-15-24)20-7-5-6-16(2)17(20)3;/h5-11H,4,12-15H2,1-3H3,(H,22,25);1H. The third-order valence-electron chi connectivity index (χ3n) is 4.90. The fraction of sp³-hybridized carbons (Fsp3) is 0.381. The average Bonchev–Trinajstić information content (AvgIpc) is 2.66. The first-order valence-corrected chi connectivity index (χ1v) is 9.18. The number of rotatable bonds is 4. The molecule has 0 bridgehead atoms. The molecule has 146 valence electrons. The van der Waals surface area contributed by atoms with E-state index in [1.54, 1.807) is 0 Å². The third-order valence-corrected chi connectivity index (χ3v) is 4.90. The number of hydrogen-bond acceptors (Lipinski definition) is 3. The second kappa shape index (κ2) is 9.51. The van der Waals surface area contributed by atoms with Crippen LogP contribution in [0.1, 0.15) is 18.1 Å². The zero-order valence-electron chi connectivity index (χ0n) is 16.2. The maximum absolute atomic E-state index is 12.5. The maximum Gasteiger partial charge on any atom is 0.321 e. The van der Waals surface area contributed by atoms with Crippen molar-refractivity contribution < 1.29 is 9.53 Å². The molecule has 1 aliphatic rings. The quantitative estimate of drug-likeness (QED) is 0.838. The molecule has 0 saturated carbocycles. The molecular weight excluding hydrogens is 362 g/mol. The Kier molecular flexibility index (Phi) is 7.36. The van der Waals surface area contributed by atoms with Crippen LogP contribution in [-0.2, 0) is 0 Å². The van der Waals surface area contributed by atoms with Crippen molar-refractivity contribution in [2.24, 2.45) is 0 Å². The molecule has 1 aliphatic heterocycles. The zero-order chi connectivity index (χ0) is 18.5. The van der Waals surface area contributed by atoms with Crippen molar-refractivity contribution in [3.8, 4) is 5.75 Å². The Morgan fingerprint density at radius 2 is 1.70 bits per heavy atom. The van der Waals surface area contributed by atoms with Gasteiger partial charge in [0.15, 0.2) is 0 Å². The molecule has 2 amide bonds. The van der Waals surface area contributed by atoms with Crippen LogP contribution in [0.5, 0.6) is 5.75 Å². The molecule has 1 N–H and O–H groups in total. The first-order valence-electron chi connectivity index (χ1n) is 9.18. The summed E-state index contributed by atoms with van der Waals surface area (Å²) in [7, 11) is 0. The highest BCUT2D eigenvalue weighted by Crippen LogP contribution is 2.24. The lowest BCUT2D eigenvalue weighted by molar-refractivity contribution is 0.208. The molecule has 0 atom stereocenters. The summed E-state index contributed by atoms with van der Waals surface area (Å²) in [5.41, 5.74) is 4.69. The lowest BCUT2D eigenvalue weighted by Crippen LogP contribution is -2.50. The van der Waals surface area contributed by atoms with Crippen LogP contribution in [0.4, 0.5) is 16.2 Å². The molecule has 1 heterocycles. The Balaban J connectivity index is 0.00000261. The Labute approximate surface area is 167 Å². The highest BCUT2D eigenvalue weighted by Gasteiger charge is 2.22. The summed E-state index contributed by atoms with van der Waals surface area (Å²) in [6.07, 6.45) is 0. The number of amides is 2. The van der Waals surface area contributed by atoms with Gasteiger partial charge in [-0.1, -0.05) is 12.1 Å². The normalized spacial score (nSPS) is 13.7. The number of benzene rings is 2. The predicted molar refractivity (Wildman–Crippen MR) is 114 cm³/mol. The van der Waals surface area contributed by atoms with E-state index in [4.69, 9.17) is 4.74 Å². The molecule has 2 aromatic carbocycles. The molecule has 0 radical (unpaired) electrons. The Morgan fingerprint density at radius 1 is 1.04 bits per heavy atom. The van der Waals surface area contributed by atoms with Crippen molar-refractivity contribution in [2.45, 2.75) is 20.8 Å². The molecule has 1 saturated heterocycles. The van der Waals surface area contributed by atoms with Crippen molar-refractivity contribution >= 4 is 29.8 Å². The number of carbonyl (C=O) groups excluding carboxylic acids is 1. The number of halogens is 1. The molecule has 0 spiro atoms. The molecule has 6 heteroatoms. The summed E-state index contributed by atoms with van der Waals surface area (Å²) in [5.74, 6) is 0.813. The third kappa shape index (κ3) is 5.07. The first kappa shape index (κ1) is 20.9. The summed E-state index contributed by atoms with van der Waals surface area (Å²) >= 11 is 0. The molecular formula is C21H28ClN3O2. The number of hydrogen-bond donors (Lipinski definition) is 1. The van der Waals surface area contributed by atoms with E-state index in [0.717, 1.165) is 37.6 Å². The van der Waals surface area contributed by atoms with Gasteiger partial charge in [-0.15, -0.1) is 12.4 Å². The van der Waals surface area contributed by atoms with Gasteiger partial charge >= 0.3 is 6.03 Å². The summed E-state index contributed by atoms with van der Waals surface area (Å²) in [5, 5.41) is 2.97. The SMILES string of the molecule is CCOc1ccc(NC(=O)N2CCN(c3cccc(C)c3C)CC2)cc1.Cl. The van der Waals surface area contributed by atoms with Gasteiger partial charge in [-0.3, -0.25) is 0 Å². The van der Waals surface area contributed by atoms with Crippen molar-refractivity contribution in [1.82, 2.24) is 4.90 Å². The van der Waals surface area contributed by atoms with Gasteiger partial charge in [-0.2, -0.15) is 0 Å². The minimum atomic E-state index is -0.0465. The molecule has 3 rings (SSSR count). The maximum atomic E-state index is 12.5. The largest absolute Gasteiger partial charge is 0.494 e. The lowest BCUT2D eigenvalue weighted by Gasteiger charge is -2.37. The highest BCUT2D eigenvalue weighted by atomic mass is 35.5. The van der Waals surface area contributed by atoms with Gasteiger partial charge in [0.2, 0.25) is 0 Å². The molecule has 0 aliphatic carbocycles. The number of nitrogens with zero attached hydrogens (tertiary/aromatic N) is 2. The minimum absolute atomic E-state index is 0. The summed E-state index contributed by atoms with van der Waals surface area (Å²) in [6.45, 7) is 10.0. The minimum Gasteiger partial charge on any atom is -0.494 e. The van der Waals surface area contributed by atoms with Crippen LogP contribution in [0.2, 0.25) is 0 Å². The molecule has 0 unspecified atom stereocenters. The summed E-state index contributed by atoms with van der Waals surface area (Å²) < 4.78 is 5.43. The van der Waals surface area contributed by atoms with Crippen molar-refractivity contribution in [3.05, 3.63) is 53.6 Å². The van der Waals surface area contributed by atoms with Crippen LogP contribution in [0.3, 0.4) is 0 Å². The summed E-state index contributed by atoms with van der Waals surface area (Å²) in [6, 6.07) is 13.8. The highest BCUT2D eigenvalue weighted by molar-refractivity contribution is 5.89. The van der Waals surface area contributed by atoms with Gasteiger partial charge in [0.05, 0.1) is 6.61 Å². The van der Waals surface area contributed by atoms with Crippen LogP contribution in [0, 0.1) is 13.8 Å². The molecule has 0 aromatic heterocycles. The second-order valence-corrected chi connectivity index (χ2v) is 6.58. The van der Waals surface area contributed by atoms with Gasteiger partial charge in [-0.05, 0) is 62.2 Å². The lowest BCUT2D eigenvalue weighted by atomic mass is 10.1. The van der Waals surface area contributed by atoms with Crippen LogP contribution >= 0.6 is 12.4 Å². The monoisotopic (exact) mass is 389 g/mol. The fourth-order valence-electron chi connectivity index (χ4n) is 3.23.